The topological polar surface area (TPSA) is 79.1 Å². The first-order chi connectivity index (χ1) is 6.61. The van der Waals surface area contributed by atoms with Crippen molar-refractivity contribution >= 4 is 22.6 Å². The highest BCUT2D eigenvalue weighted by Crippen LogP contribution is 2.27. The van der Waals surface area contributed by atoms with Crippen LogP contribution in [0, 0.1) is 6.92 Å². The van der Waals surface area contributed by atoms with Crippen molar-refractivity contribution in [2.75, 3.05) is 5.73 Å². The molecule has 0 amide bonds. The van der Waals surface area contributed by atoms with Crippen molar-refractivity contribution in [3.8, 4) is 0 Å². The Labute approximate surface area is 80.3 Å². The molecule has 0 fully saturated rings. The van der Waals surface area contributed by atoms with Gasteiger partial charge in [0.2, 0.25) is 0 Å². The maximum Gasteiger partial charge on any atom is 0.338 e. The first-order valence-corrected chi connectivity index (χ1v) is 4.21. The van der Waals surface area contributed by atoms with E-state index in [1.54, 1.807) is 19.1 Å². The number of aryl methyl sites for hydroxylation is 1. The van der Waals surface area contributed by atoms with Crippen LogP contribution in [-0.2, 0) is 0 Å². The van der Waals surface area contributed by atoms with E-state index in [4.69, 9.17) is 10.8 Å². The van der Waals surface area contributed by atoms with E-state index < -0.39 is 5.97 Å². The van der Waals surface area contributed by atoms with Crippen molar-refractivity contribution in [3.63, 3.8) is 0 Å². The SMILES string of the molecule is Cc1[nH]c2cccc(N)c2c1C(=O)O. The third-order valence-electron chi connectivity index (χ3n) is 2.26. The second-order valence-electron chi connectivity index (χ2n) is 3.20. The molecule has 72 valence electrons. The molecule has 4 heteroatoms. The van der Waals surface area contributed by atoms with E-state index in [1.807, 2.05) is 6.07 Å². The average molecular weight is 190 g/mol. The van der Waals surface area contributed by atoms with Crippen LogP contribution in [0.25, 0.3) is 10.9 Å². The number of hydrogen-bond donors (Lipinski definition) is 3. The number of carboxylic acids is 1. The van der Waals surface area contributed by atoms with Gasteiger partial charge in [-0.25, -0.2) is 4.79 Å². The molecule has 2 rings (SSSR count). The summed E-state index contributed by atoms with van der Waals surface area (Å²) < 4.78 is 0. The second kappa shape index (κ2) is 2.77. The van der Waals surface area contributed by atoms with Crippen molar-refractivity contribution in [1.29, 1.82) is 0 Å². The second-order valence-corrected chi connectivity index (χ2v) is 3.20. The molecule has 0 saturated heterocycles. The predicted molar refractivity (Wildman–Crippen MR) is 54.4 cm³/mol. The van der Waals surface area contributed by atoms with E-state index in [0.29, 0.717) is 16.8 Å². The number of carbonyl (C=O) groups is 1. The summed E-state index contributed by atoms with van der Waals surface area (Å²) in [6.45, 7) is 1.73. The number of nitrogen functional groups attached to an aromatic ring is 1. The summed E-state index contributed by atoms with van der Waals surface area (Å²) >= 11 is 0. The summed E-state index contributed by atoms with van der Waals surface area (Å²) in [5.74, 6) is -0.952. The van der Waals surface area contributed by atoms with Crippen LogP contribution in [-0.4, -0.2) is 16.1 Å². The molecule has 1 aromatic carbocycles. The van der Waals surface area contributed by atoms with Gasteiger partial charge in [0.25, 0.3) is 0 Å². The van der Waals surface area contributed by atoms with Crippen LogP contribution in [0.1, 0.15) is 16.1 Å². The lowest BCUT2D eigenvalue weighted by Gasteiger charge is -1.97. The minimum atomic E-state index is -0.952. The molecule has 1 heterocycles. The highest BCUT2D eigenvalue weighted by molar-refractivity contribution is 6.09. The maximum atomic E-state index is 11.0. The Balaban J connectivity index is 2.93. The first-order valence-electron chi connectivity index (χ1n) is 4.21. The van der Waals surface area contributed by atoms with Gasteiger partial charge in [-0.05, 0) is 19.1 Å². The summed E-state index contributed by atoms with van der Waals surface area (Å²) in [6, 6.07) is 5.30. The molecule has 4 nitrogen and oxygen atoms in total. The van der Waals surface area contributed by atoms with Crippen molar-refractivity contribution in [1.82, 2.24) is 4.98 Å². The van der Waals surface area contributed by atoms with E-state index in [2.05, 4.69) is 4.98 Å². The Morgan fingerprint density at radius 1 is 1.50 bits per heavy atom. The molecule has 0 atom stereocenters. The number of nitrogens with two attached hydrogens (primary N) is 1. The Kier molecular flexibility index (Phi) is 1.70. The summed E-state index contributed by atoms with van der Waals surface area (Å²) in [5, 5.41) is 9.60. The summed E-state index contributed by atoms with van der Waals surface area (Å²) in [5.41, 5.74) is 7.87. The molecular weight excluding hydrogens is 180 g/mol. The number of nitrogens with one attached hydrogen (secondary N) is 1. The number of carboxylic acid groups (broad SMARTS) is 1. The molecule has 14 heavy (non-hydrogen) atoms. The number of rotatable bonds is 1. The maximum absolute atomic E-state index is 11.0. The molecule has 0 saturated carbocycles. The minimum absolute atomic E-state index is 0.262. The smallest absolute Gasteiger partial charge is 0.338 e. The number of hydrogen-bond acceptors (Lipinski definition) is 2. The van der Waals surface area contributed by atoms with Gasteiger partial charge in [0, 0.05) is 22.3 Å². The molecule has 0 spiro atoms. The average Bonchev–Trinajstić information content (AvgIpc) is 2.42. The number of H-pyrrole nitrogens is 1. The summed E-state index contributed by atoms with van der Waals surface area (Å²) in [4.78, 5) is 14.0. The van der Waals surface area contributed by atoms with Gasteiger partial charge in [-0.3, -0.25) is 0 Å². The number of aromatic nitrogens is 1. The number of aromatic amines is 1. The molecule has 0 bridgehead atoms. The molecule has 0 aliphatic heterocycles. The largest absolute Gasteiger partial charge is 0.478 e. The fourth-order valence-corrected chi connectivity index (χ4v) is 1.67. The van der Waals surface area contributed by atoms with Crippen molar-refractivity contribution < 1.29 is 9.90 Å². The lowest BCUT2D eigenvalue weighted by Crippen LogP contribution is -1.98. The molecule has 2 aromatic rings. The van der Waals surface area contributed by atoms with Crippen molar-refractivity contribution in [2.24, 2.45) is 0 Å². The minimum Gasteiger partial charge on any atom is -0.478 e. The highest BCUT2D eigenvalue weighted by Gasteiger charge is 2.16. The van der Waals surface area contributed by atoms with Gasteiger partial charge in [0.1, 0.15) is 0 Å². The van der Waals surface area contributed by atoms with E-state index in [9.17, 15) is 4.79 Å². The van der Waals surface area contributed by atoms with Crippen LogP contribution in [0.2, 0.25) is 0 Å². The first kappa shape index (κ1) is 8.62. The van der Waals surface area contributed by atoms with Gasteiger partial charge < -0.3 is 15.8 Å². The zero-order valence-electron chi connectivity index (χ0n) is 7.66. The third-order valence-corrected chi connectivity index (χ3v) is 2.26. The van der Waals surface area contributed by atoms with Crippen molar-refractivity contribution in [2.45, 2.75) is 6.92 Å². The quantitative estimate of drug-likeness (QED) is 0.599. The fraction of sp³-hybridized carbons (Fsp3) is 0.100. The molecule has 0 aliphatic carbocycles. The Hall–Kier alpha value is -1.97. The predicted octanol–water partition coefficient (Wildman–Crippen LogP) is 1.76. The Morgan fingerprint density at radius 2 is 2.21 bits per heavy atom. The lowest BCUT2D eigenvalue weighted by atomic mass is 10.1. The van der Waals surface area contributed by atoms with Gasteiger partial charge >= 0.3 is 5.97 Å². The van der Waals surface area contributed by atoms with Gasteiger partial charge in [0.05, 0.1) is 5.56 Å². The van der Waals surface area contributed by atoms with Crippen LogP contribution in [0.5, 0.6) is 0 Å². The third kappa shape index (κ3) is 1.04. The van der Waals surface area contributed by atoms with Gasteiger partial charge in [0.15, 0.2) is 0 Å². The standard InChI is InChI=1S/C10H10N2O2/c1-5-8(10(13)14)9-6(11)3-2-4-7(9)12-5/h2-4,12H,11H2,1H3,(H,13,14). The fourth-order valence-electron chi connectivity index (χ4n) is 1.67. The number of benzene rings is 1. The van der Waals surface area contributed by atoms with Gasteiger partial charge in [-0.15, -0.1) is 0 Å². The van der Waals surface area contributed by atoms with Gasteiger partial charge in [-0.1, -0.05) is 6.07 Å². The zero-order valence-corrected chi connectivity index (χ0v) is 7.66. The number of fused-ring (bicyclic) bond motifs is 1. The Morgan fingerprint density at radius 3 is 2.86 bits per heavy atom. The van der Waals surface area contributed by atoms with Crippen LogP contribution in [0.4, 0.5) is 5.69 Å². The van der Waals surface area contributed by atoms with E-state index in [1.165, 1.54) is 0 Å². The van der Waals surface area contributed by atoms with E-state index in [0.717, 1.165) is 5.52 Å². The molecule has 0 radical (unpaired) electrons. The van der Waals surface area contributed by atoms with Crippen LogP contribution >= 0.6 is 0 Å². The lowest BCUT2D eigenvalue weighted by molar-refractivity contribution is 0.0698. The normalized spacial score (nSPS) is 10.6. The zero-order chi connectivity index (χ0) is 10.3. The van der Waals surface area contributed by atoms with Crippen LogP contribution in [0.3, 0.4) is 0 Å². The van der Waals surface area contributed by atoms with Gasteiger partial charge in [-0.2, -0.15) is 0 Å². The molecular formula is C10H10N2O2. The van der Waals surface area contributed by atoms with E-state index in [-0.39, 0.29) is 5.56 Å². The van der Waals surface area contributed by atoms with Crippen LogP contribution in [0.15, 0.2) is 18.2 Å². The van der Waals surface area contributed by atoms with Crippen molar-refractivity contribution in [3.05, 3.63) is 29.5 Å². The summed E-state index contributed by atoms with van der Waals surface area (Å²) in [7, 11) is 0. The number of anilines is 1. The summed E-state index contributed by atoms with van der Waals surface area (Å²) in [6.07, 6.45) is 0. The molecule has 0 aliphatic rings. The Bertz CT molecular complexity index is 514. The van der Waals surface area contributed by atoms with E-state index >= 15 is 0 Å². The van der Waals surface area contributed by atoms with Crippen LogP contribution < -0.4 is 5.73 Å². The highest BCUT2D eigenvalue weighted by atomic mass is 16.4. The molecule has 1 aromatic heterocycles. The molecule has 4 N–H and O–H groups in total. The number of aromatic carboxylic acids is 1. The monoisotopic (exact) mass is 190 g/mol. The molecule has 0 unspecified atom stereocenters.